The van der Waals surface area contributed by atoms with E-state index in [1.807, 2.05) is 32.9 Å². The molecule has 1 aromatic carbocycles. The number of unbranched alkanes of at least 4 members (excludes halogenated alkanes) is 8. The minimum atomic E-state index is -0.869. The highest BCUT2D eigenvalue weighted by Crippen LogP contribution is 2.14. The first-order chi connectivity index (χ1) is 12.8. The Hall–Kier alpha value is -1.84. The first-order valence-electron chi connectivity index (χ1n) is 10.3. The molecule has 0 aliphatic rings. The average Bonchev–Trinajstić information content (AvgIpc) is 2.58. The van der Waals surface area contributed by atoms with Crippen molar-refractivity contribution in [1.82, 2.24) is 0 Å². The fourth-order valence-electron chi connectivity index (χ4n) is 3.04. The van der Waals surface area contributed by atoms with Gasteiger partial charge in [0.15, 0.2) is 0 Å². The molecule has 152 valence electrons. The maximum atomic E-state index is 11.6. The summed E-state index contributed by atoms with van der Waals surface area (Å²) in [5, 5.41) is 8.88. The fraction of sp³-hybridized carbons (Fsp3) is 0.652. The summed E-state index contributed by atoms with van der Waals surface area (Å²) in [4.78, 5) is 22.4. The van der Waals surface area contributed by atoms with Crippen LogP contribution in [0.1, 0.15) is 101 Å². The SMILES string of the molecule is CC(C)(C)OC(=O)CCCCCCCCCCCc1ccc(C(=O)O)cc1. The molecule has 0 bridgehead atoms. The number of hydrogen-bond acceptors (Lipinski definition) is 3. The summed E-state index contributed by atoms with van der Waals surface area (Å²) in [7, 11) is 0. The zero-order chi connectivity index (χ0) is 20.1. The van der Waals surface area contributed by atoms with E-state index in [4.69, 9.17) is 9.84 Å². The maximum absolute atomic E-state index is 11.6. The summed E-state index contributed by atoms with van der Waals surface area (Å²) in [5.41, 5.74) is 1.19. The first kappa shape index (κ1) is 23.2. The van der Waals surface area contributed by atoms with Crippen LogP contribution < -0.4 is 0 Å². The summed E-state index contributed by atoms with van der Waals surface area (Å²) in [6.45, 7) is 5.71. The molecule has 0 aliphatic carbocycles. The van der Waals surface area contributed by atoms with E-state index in [0.29, 0.717) is 12.0 Å². The third-order valence-electron chi connectivity index (χ3n) is 4.47. The summed E-state index contributed by atoms with van der Waals surface area (Å²) in [6, 6.07) is 7.20. The smallest absolute Gasteiger partial charge is 0.335 e. The molecular formula is C23H36O4. The molecular weight excluding hydrogens is 340 g/mol. The van der Waals surface area contributed by atoms with E-state index in [0.717, 1.165) is 25.7 Å². The van der Waals surface area contributed by atoms with E-state index in [1.54, 1.807) is 12.1 Å². The van der Waals surface area contributed by atoms with Gasteiger partial charge in [0, 0.05) is 6.42 Å². The van der Waals surface area contributed by atoms with Crippen molar-refractivity contribution in [2.24, 2.45) is 0 Å². The standard InChI is InChI=1S/C23H36O4/c1-23(2,3)27-21(24)14-12-10-8-6-4-5-7-9-11-13-19-15-17-20(18-16-19)22(25)26/h15-18H,4-14H2,1-3H3,(H,25,26). The van der Waals surface area contributed by atoms with Gasteiger partial charge in [-0.25, -0.2) is 4.79 Å². The lowest BCUT2D eigenvalue weighted by atomic mass is 10.0. The summed E-state index contributed by atoms with van der Waals surface area (Å²) >= 11 is 0. The normalized spacial score (nSPS) is 11.4. The Balaban J connectivity index is 1.92. The van der Waals surface area contributed by atoms with Gasteiger partial charge in [-0.15, -0.1) is 0 Å². The molecule has 0 unspecified atom stereocenters. The van der Waals surface area contributed by atoms with Crippen LogP contribution in [-0.4, -0.2) is 22.6 Å². The van der Waals surface area contributed by atoms with Gasteiger partial charge >= 0.3 is 11.9 Å². The lowest BCUT2D eigenvalue weighted by Crippen LogP contribution is -2.23. The van der Waals surface area contributed by atoms with Crippen LogP contribution in [0.25, 0.3) is 0 Å². The molecule has 0 spiro atoms. The number of rotatable bonds is 13. The number of ether oxygens (including phenoxy) is 1. The number of benzene rings is 1. The molecule has 0 saturated carbocycles. The predicted molar refractivity (Wildman–Crippen MR) is 109 cm³/mol. The van der Waals surface area contributed by atoms with Crippen molar-refractivity contribution in [2.45, 2.75) is 97.0 Å². The molecule has 0 heterocycles. The summed E-state index contributed by atoms with van der Waals surface area (Å²) in [5.74, 6) is -0.952. The van der Waals surface area contributed by atoms with Gasteiger partial charge in [-0.3, -0.25) is 4.79 Å². The number of esters is 1. The van der Waals surface area contributed by atoms with Gasteiger partial charge < -0.3 is 9.84 Å². The Bertz CT molecular complexity index is 555. The first-order valence-corrected chi connectivity index (χ1v) is 10.3. The molecule has 0 amide bonds. The Morgan fingerprint density at radius 2 is 1.30 bits per heavy atom. The number of hydrogen-bond donors (Lipinski definition) is 1. The minimum Gasteiger partial charge on any atom is -0.478 e. The highest BCUT2D eigenvalue weighted by Gasteiger charge is 2.15. The van der Waals surface area contributed by atoms with Crippen LogP contribution in [0.3, 0.4) is 0 Å². The van der Waals surface area contributed by atoms with Crippen LogP contribution in [0.4, 0.5) is 0 Å². The van der Waals surface area contributed by atoms with Gasteiger partial charge in [0.2, 0.25) is 0 Å². The topological polar surface area (TPSA) is 63.6 Å². The summed E-state index contributed by atoms with van der Waals surface area (Å²) < 4.78 is 5.30. The van der Waals surface area contributed by atoms with E-state index >= 15 is 0 Å². The average molecular weight is 377 g/mol. The van der Waals surface area contributed by atoms with E-state index in [9.17, 15) is 9.59 Å². The molecule has 0 aromatic heterocycles. The lowest BCUT2D eigenvalue weighted by Gasteiger charge is -2.19. The number of aromatic carboxylic acids is 1. The second-order valence-electron chi connectivity index (χ2n) is 8.27. The molecule has 1 rings (SSSR count). The van der Waals surface area contributed by atoms with Gasteiger partial charge in [0.05, 0.1) is 5.56 Å². The molecule has 0 fully saturated rings. The highest BCUT2D eigenvalue weighted by molar-refractivity contribution is 5.87. The van der Waals surface area contributed by atoms with Crippen LogP contribution in [0.2, 0.25) is 0 Å². The predicted octanol–water partition coefficient (Wildman–Crippen LogP) is 6.17. The van der Waals surface area contributed by atoms with Crippen LogP contribution in [-0.2, 0) is 16.0 Å². The van der Waals surface area contributed by atoms with Crippen LogP contribution in [0.15, 0.2) is 24.3 Å². The number of carbonyl (C=O) groups excluding carboxylic acids is 1. The fourth-order valence-corrected chi connectivity index (χ4v) is 3.04. The van der Waals surface area contributed by atoms with Crippen molar-refractivity contribution in [3.05, 3.63) is 35.4 Å². The Kier molecular flexibility index (Phi) is 10.8. The van der Waals surface area contributed by atoms with Gasteiger partial charge in [0.1, 0.15) is 5.60 Å². The van der Waals surface area contributed by atoms with Gasteiger partial charge in [0.25, 0.3) is 0 Å². The van der Waals surface area contributed by atoms with E-state index in [1.165, 1.54) is 44.1 Å². The van der Waals surface area contributed by atoms with Gasteiger partial charge in [-0.05, 0) is 57.7 Å². The molecule has 0 radical (unpaired) electrons. The molecule has 4 heteroatoms. The van der Waals surface area contributed by atoms with Crippen molar-refractivity contribution in [1.29, 1.82) is 0 Å². The van der Waals surface area contributed by atoms with Crippen LogP contribution in [0.5, 0.6) is 0 Å². The summed E-state index contributed by atoms with van der Waals surface area (Å²) in [6.07, 6.45) is 12.2. The Morgan fingerprint density at radius 1 is 0.815 bits per heavy atom. The third kappa shape index (κ3) is 12.2. The quantitative estimate of drug-likeness (QED) is 0.330. The molecule has 1 aromatic rings. The molecule has 4 nitrogen and oxygen atoms in total. The highest BCUT2D eigenvalue weighted by atomic mass is 16.6. The third-order valence-corrected chi connectivity index (χ3v) is 4.47. The number of carboxylic acids is 1. The van der Waals surface area contributed by atoms with E-state index < -0.39 is 5.97 Å². The Labute approximate surface area is 164 Å². The molecule has 0 atom stereocenters. The second kappa shape index (κ2) is 12.5. The number of aryl methyl sites for hydroxylation is 1. The van der Waals surface area contributed by atoms with Gasteiger partial charge in [-0.2, -0.15) is 0 Å². The van der Waals surface area contributed by atoms with E-state index in [2.05, 4.69) is 0 Å². The van der Waals surface area contributed by atoms with Crippen LogP contribution >= 0.6 is 0 Å². The number of carboxylic acid groups (broad SMARTS) is 1. The van der Waals surface area contributed by atoms with E-state index in [-0.39, 0.29) is 11.6 Å². The van der Waals surface area contributed by atoms with Crippen molar-refractivity contribution >= 4 is 11.9 Å². The molecule has 0 aliphatic heterocycles. The Morgan fingerprint density at radius 3 is 1.78 bits per heavy atom. The molecule has 27 heavy (non-hydrogen) atoms. The molecule has 1 N–H and O–H groups in total. The van der Waals surface area contributed by atoms with Crippen molar-refractivity contribution in [2.75, 3.05) is 0 Å². The van der Waals surface area contributed by atoms with Gasteiger partial charge in [-0.1, -0.05) is 57.1 Å². The largest absolute Gasteiger partial charge is 0.478 e. The number of carbonyl (C=O) groups is 2. The monoisotopic (exact) mass is 376 g/mol. The maximum Gasteiger partial charge on any atom is 0.335 e. The van der Waals surface area contributed by atoms with Crippen molar-refractivity contribution < 1.29 is 19.4 Å². The van der Waals surface area contributed by atoms with Crippen LogP contribution in [0, 0.1) is 0 Å². The lowest BCUT2D eigenvalue weighted by molar-refractivity contribution is -0.154. The molecule has 0 saturated heterocycles. The van der Waals surface area contributed by atoms with Crippen molar-refractivity contribution in [3.63, 3.8) is 0 Å². The zero-order valence-electron chi connectivity index (χ0n) is 17.3. The second-order valence-corrected chi connectivity index (χ2v) is 8.27. The van der Waals surface area contributed by atoms with Crippen molar-refractivity contribution in [3.8, 4) is 0 Å². The minimum absolute atomic E-state index is 0.0832. The zero-order valence-corrected chi connectivity index (χ0v) is 17.3.